The van der Waals surface area contributed by atoms with Crippen molar-refractivity contribution >= 4 is 11.4 Å². The molecule has 1 atom stereocenters. The number of rotatable bonds is 14. The van der Waals surface area contributed by atoms with E-state index in [1.54, 1.807) is 6.07 Å². The number of hydrogen-bond acceptors (Lipinski definition) is 5. The first-order valence-corrected chi connectivity index (χ1v) is 9.98. The third-order valence-electron chi connectivity index (χ3n) is 4.45. The zero-order valence-corrected chi connectivity index (χ0v) is 17.3. The molecule has 6 heteroatoms. The fourth-order valence-electron chi connectivity index (χ4n) is 2.70. The summed E-state index contributed by atoms with van der Waals surface area (Å²) in [5.74, 6) is -0.474. The van der Waals surface area contributed by atoms with Crippen LogP contribution < -0.4 is 11.1 Å². The van der Waals surface area contributed by atoms with E-state index in [1.165, 1.54) is 6.07 Å². The fourth-order valence-corrected chi connectivity index (χ4v) is 2.70. The Labute approximate surface area is 163 Å². The highest BCUT2D eigenvalue weighted by molar-refractivity contribution is 5.61. The van der Waals surface area contributed by atoms with Gasteiger partial charge in [-0.25, -0.2) is 4.39 Å². The van der Waals surface area contributed by atoms with E-state index in [-0.39, 0.29) is 24.3 Å². The summed E-state index contributed by atoms with van der Waals surface area (Å²) in [7, 11) is 0. The molecule has 5 nitrogen and oxygen atoms in total. The van der Waals surface area contributed by atoms with Crippen LogP contribution in [0.1, 0.15) is 58.9 Å². The molecule has 0 aliphatic heterocycles. The predicted molar refractivity (Wildman–Crippen MR) is 110 cm³/mol. The van der Waals surface area contributed by atoms with Gasteiger partial charge in [-0.1, -0.05) is 40.5 Å². The topological polar surface area (TPSA) is 76.7 Å². The molecule has 4 N–H and O–H groups in total. The molecule has 1 aromatic rings. The van der Waals surface area contributed by atoms with E-state index < -0.39 is 11.9 Å². The number of ether oxygens (including phenoxy) is 2. The standard InChI is InChI=1S/C21H37FN2O3/c1-5-7-9-26-14-16(25)13-24-20-12-18(22)19(23)11-17(20)21(3,4)15-27-10-8-6-2/h11-12,16,24-25H,5-10,13-15,23H2,1-4H3. The quantitative estimate of drug-likeness (QED) is 0.333. The molecule has 156 valence electrons. The summed E-state index contributed by atoms with van der Waals surface area (Å²) in [4.78, 5) is 0. The van der Waals surface area contributed by atoms with E-state index in [9.17, 15) is 9.50 Å². The number of aliphatic hydroxyl groups excluding tert-OH is 1. The second-order valence-corrected chi connectivity index (χ2v) is 7.67. The summed E-state index contributed by atoms with van der Waals surface area (Å²) in [5.41, 5.74) is 7.06. The molecule has 0 aliphatic carbocycles. The maximum absolute atomic E-state index is 14.0. The second kappa shape index (κ2) is 12.2. The highest BCUT2D eigenvalue weighted by Gasteiger charge is 2.26. The molecule has 0 spiro atoms. The van der Waals surface area contributed by atoms with E-state index in [4.69, 9.17) is 15.2 Å². The number of halogens is 1. The van der Waals surface area contributed by atoms with E-state index >= 15 is 0 Å². The lowest BCUT2D eigenvalue weighted by Crippen LogP contribution is -2.29. The Morgan fingerprint density at radius 1 is 1.15 bits per heavy atom. The van der Waals surface area contributed by atoms with Gasteiger partial charge in [0.05, 0.1) is 25.0 Å². The van der Waals surface area contributed by atoms with Gasteiger partial charge < -0.3 is 25.6 Å². The van der Waals surface area contributed by atoms with Crippen LogP contribution in [0.15, 0.2) is 12.1 Å². The number of unbranched alkanes of at least 4 members (excludes halogenated alkanes) is 2. The number of nitrogens with one attached hydrogen (secondary N) is 1. The Morgan fingerprint density at radius 3 is 2.41 bits per heavy atom. The van der Waals surface area contributed by atoms with Crippen LogP contribution in [0.5, 0.6) is 0 Å². The number of hydrogen-bond donors (Lipinski definition) is 3. The molecule has 1 rings (SSSR count). The molecule has 0 heterocycles. The molecule has 0 saturated carbocycles. The Hall–Kier alpha value is -1.37. The van der Waals surface area contributed by atoms with Crippen molar-refractivity contribution in [3.63, 3.8) is 0 Å². The van der Waals surface area contributed by atoms with Crippen LogP contribution in [0.3, 0.4) is 0 Å². The van der Waals surface area contributed by atoms with Crippen LogP contribution in [0.4, 0.5) is 15.8 Å². The van der Waals surface area contributed by atoms with Gasteiger partial charge in [0.1, 0.15) is 5.82 Å². The molecular formula is C21H37FN2O3. The summed E-state index contributed by atoms with van der Waals surface area (Å²) in [6, 6.07) is 3.05. The zero-order chi connectivity index (χ0) is 20.3. The van der Waals surface area contributed by atoms with Gasteiger partial charge in [-0.05, 0) is 30.5 Å². The zero-order valence-electron chi connectivity index (χ0n) is 17.3. The lowest BCUT2D eigenvalue weighted by molar-refractivity contribution is 0.0421. The fraction of sp³-hybridized carbons (Fsp3) is 0.714. The van der Waals surface area contributed by atoms with Gasteiger partial charge in [-0.2, -0.15) is 0 Å². The van der Waals surface area contributed by atoms with E-state index in [0.717, 1.165) is 31.2 Å². The molecule has 0 radical (unpaired) electrons. The van der Waals surface area contributed by atoms with E-state index in [2.05, 4.69) is 19.2 Å². The number of anilines is 2. The maximum atomic E-state index is 14.0. The van der Waals surface area contributed by atoms with Crippen molar-refractivity contribution in [3.05, 3.63) is 23.5 Å². The van der Waals surface area contributed by atoms with Crippen LogP contribution in [-0.4, -0.2) is 44.2 Å². The highest BCUT2D eigenvalue weighted by atomic mass is 19.1. The molecule has 0 aromatic heterocycles. The molecule has 0 aliphatic rings. The second-order valence-electron chi connectivity index (χ2n) is 7.67. The molecule has 1 unspecified atom stereocenters. The third-order valence-corrected chi connectivity index (χ3v) is 4.45. The van der Waals surface area contributed by atoms with Gasteiger partial charge in [0.2, 0.25) is 0 Å². The van der Waals surface area contributed by atoms with Crippen molar-refractivity contribution < 1.29 is 19.0 Å². The SMILES string of the molecule is CCCCOCC(O)CNc1cc(F)c(N)cc1C(C)(C)COCCCC. The summed E-state index contributed by atoms with van der Waals surface area (Å²) >= 11 is 0. The minimum Gasteiger partial charge on any atom is -0.396 e. The van der Waals surface area contributed by atoms with E-state index in [0.29, 0.717) is 25.5 Å². The summed E-state index contributed by atoms with van der Waals surface area (Å²) in [5, 5.41) is 13.2. The Balaban J connectivity index is 2.76. The minimum absolute atomic E-state index is 0.112. The predicted octanol–water partition coefficient (Wildman–Crippen LogP) is 4.09. The highest BCUT2D eigenvalue weighted by Crippen LogP contribution is 2.33. The van der Waals surface area contributed by atoms with Gasteiger partial charge >= 0.3 is 0 Å². The van der Waals surface area contributed by atoms with Crippen molar-refractivity contribution in [3.8, 4) is 0 Å². The van der Waals surface area contributed by atoms with Crippen molar-refractivity contribution in [2.45, 2.75) is 64.9 Å². The van der Waals surface area contributed by atoms with Crippen molar-refractivity contribution in [2.75, 3.05) is 44.0 Å². The van der Waals surface area contributed by atoms with Crippen LogP contribution in [-0.2, 0) is 14.9 Å². The van der Waals surface area contributed by atoms with Gasteiger partial charge in [0.25, 0.3) is 0 Å². The largest absolute Gasteiger partial charge is 0.396 e. The normalized spacial score (nSPS) is 13.0. The Bertz CT molecular complexity index is 552. The molecule has 1 aromatic carbocycles. The average Bonchev–Trinajstić information content (AvgIpc) is 2.63. The van der Waals surface area contributed by atoms with Gasteiger partial charge in [0, 0.05) is 30.9 Å². The van der Waals surface area contributed by atoms with Crippen LogP contribution in [0.2, 0.25) is 0 Å². The van der Waals surface area contributed by atoms with Crippen molar-refractivity contribution in [2.24, 2.45) is 0 Å². The molecule has 0 amide bonds. The Kier molecular flexibility index (Phi) is 10.7. The number of nitrogen functional groups attached to an aromatic ring is 1. The first-order valence-electron chi connectivity index (χ1n) is 9.98. The smallest absolute Gasteiger partial charge is 0.148 e. The minimum atomic E-state index is -0.667. The molecule has 0 bridgehead atoms. The molecule has 0 saturated heterocycles. The van der Waals surface area contributed by atoms with Crippen LogP contribution >= 0.6 is 0 Å². The van der Waals surface area contributed by atoms with Crippen molar-refractivity contribution in [1.82, 2.24) is 0 Å². The first kappa shape index (κ1) is 23.7. The molecular weight excluding hydrogens is 347 g/mol. The van der Waals surface area contributed by atoms with Crippen LogP contribution in [0, 0.1) is 5.82 Å². The van der Waals surface area contributed by atoms with Crippen molar-refractivity contribution in [1.29, 1.82) is 0 Å². The Morgan fingerprint density at radius 2 is 1.78 bits per heavy atom. The molecule has 27 heavy (non-hydrogen) atoms. The maximum Gasteiger partial charge on any atom is 0.148 e. The number of nitrogens with two attached hydrogens (primary N) is 1. The van der Waals surface area contributed by atoms with Gasteiger partial charge in [-0.15, -0.1) is 0 Å². The van der Waals surface area contributed by atoms with E-state index in [1.807, 2.05) is 13.8 Å². The first-order chi connectivity index (χ1) is 12.8. The van der Waals surface area contributed by atoms with Gasteiger partial charge in [0.15, 0.2) is 0 Å². The number of benzene rings is 1. The monoisotopic (exact) mass is 384 g/mol. The van der Waals surface area contributed by atoms with Crippen LogP contribution in [0.25, 0.3) is 0 Å². The number of aliphatic hydroxyl groups is 1. The molecule has 0 fully saturated rings. The lowest BCUT2D eigenvalue weighted by Gasteiger charge is -2.29. The summed E-state index contributed by atoms with van der Waals surface area (Å²) < 4.78 is 25.3. The lowest BCUT2D eigenvalue weighted by atomic mass is 9.83. The average molecular weight is 385 g/mol. The van der Waals surface area contributed by atoms with Gasteiger partial charge in [-0.3, -0.25) is 0 Å². The summed E-state index contributed by atoms with van der Waals surface area (Å²) in [6.07, 6.45) is 3.45. The summed E-state index contributed by atoms with van der Waals surface area (Å²) in [6.45, 7) is 10.7. The third kappa shape index (κ3) is 8.45.